The number of aliphatic hydroxyl groups excluding tert-OH is 1. The number of carbonyl (C=O) groups excluding carboxylic acids is 2. The minimum Gasteiger partial charge on any atom is -0.463 e. The molecular formula is C43H86NO8P. The first kappa shape index (κ1) is 52.0. The van der Waals surface area contributed by atoms with Crippen LogP contribution in [0.25, 0.3) is 0 Å². The van der Waals surface area contributed by atoms with E-state index in [1.54, 1.807) is 0 Å². The molecule has 0 radical (unpaired) electrons. The number of rotatable bonds is 43. The molecule has 1 amide bonds. The standard InChI is InChI=1S/C43H86NO8P/c1-3-5-7-9-11-13-15-17-19-21-23-25-27-29-31-33-35-42(46)44-37-38-51-53(48,49)52-40-41(45)39-50-43(47)36-34-32-30-28-26-24-22-20-18-16-14-12-10-8-6-4-2/h41,45H,3-40H2,1-2H3,(H,44,46)(H,48,49). The Kier molecular flexibility index (Phi) is 39.9. The first-order chi connectivity index (χ1) is 25.8. The summed E-state index contributed by atoms with van der Waals surface area (Å²) in [6.07, 6.45) is 40.3. The number of unbranched alkanes of at least 4 members (excludes halogenated alkanes) is 30. The van der Waals surface area contributed by atoms with Crippen molar-refractivity contribution in [3.8, 4) is 0 Å². The van der Waals surface area contributed by atoms with E-state index in [-0.39, 0.29) is 25.7 Å². The van der Waals surface area contributed by atoms with Gasteiger partial charge in [0.25, 0.3) is 0 Å². The fourth-order valence-electron chi connectivity index (χ4n) is 6.62. The summed E-state index contributed by atoms with van der Waals surface area (Å²) in [7, 11) is -4.41. The van der Waals surface area contributed by atoms with Crippen LogP contribution in [0.5, 0.6) is 0 Å². The molecule has 0 aliphatic heterocycles. The summed E-state index contributed by atoms with van der Waals surface area (Å²) in [6, 6.07) is 0. The van der Waals surface area contributed by atoms with Gasteiger partial charge in [-0.2, -0.15) is 0 Å². The lowest BCUT2D eigenvalue weighted by molar-refractivity contribution is -0.147. The van der Waals surface area contributed by atoms with Gasteiger partial charge in [0.2, 0.25) is 5.91 Å². The zero-order chi connectivity index (χ0) is 38.9. The third-order valence-electron chi connectivity index (χ3n) is 10.0. The van der Waals surface area contributed by atoms with E-state index in [4.69, 9.17) is 13.8 Å². The van der Waals surface area contributed by atoms with Crippen LogP contribution in [0.4, 0.5) is 0 Å². The normalized spacial score (nSPS) is 13.2. The Morgan fingerprint density at radius 3 is 1.23 bits per heavy atom. The van der Waals surface area contributed by atoms with Crippen LogP contribution in [0.1, 0.15) is 232 Å². The Bertz CT molecular complexity index is 845. The van der Waals surface area contributed by atoms with Crippen LogP contribution in [0.15, 0.2) is 0 Å². The number of ether oxygens (including phenoxy) is 1. The van der Waals surface area contributed by atoms with Crippen molar-refractivity contribution < 1.29 is 37.9 Å². The molecule has 0 saturated carbocycles. The van der Waals surface area contributed by atoms with E-state index in [0.29, 0.717) is 12.8 Å². The first-order valence-corrected chi connectivity index (χ1v) is 24.0. The summed E-state index contributed by atoms with van der Waals surface area (Å²) in [5.41, 5.74) is 0. The van der Waals surface area contributed by atoms with Crippen LogP contribution >= 0.6 is 7.82 Å². The SMILES string of the molecule is CCCCCCCCCCCCCCCCCCC(=O)NCCOP(=O)(O)OCC(O)COC(=O)CCCCCCCCCCCCCCCCCC. The van der Waals surface area contributed by atoms with Gasteiger partial charge in [-0.3, -0.25) is 18.6 Å². The van der Waals surface area contributed by atoms with E-state index in [1.165, 1.54) is 167 Å². The molecule has 2 atom stereocenters. The van der Waals surface area contributed by atoms with Gasteiger partial charge in [0.1, 0.15) is 12.7 Å². The molecule has 0 bridgehead atoms. The third-order valence-corrected chi connectivity index (χ3v) is 11.0. The van der Waals surface area contributed by atoms with Crippen molar-refractivity contribution in [1.82, 2.24) is 5.32 Å². The summed E-state index contributed by atoms with van der Waals surface area (Å²) in [5, 5.41) is 12.7. The van der Waals surface area contributed by atoms with Crippen molar-refractivity contribution in [2.24, 2.45) is 0 Å². The highest BCUT2D eigenvalue weighted by Gasteiger charge is 2.23. The van der Waals surface area contributed by atoms with Gasteiger partial charge in [-0.05, 0) is 12.8 Å². The molecule has 0 aliphatic rings. The maximum absolute atomic E-state index is 12.1. The third kappa shape index (κ3) is 42.0. The molecule has 0 saturated heterocycles. The summed E-state index contributed by atoms with van der Waals surface area (Å²) >= 11 is 0. The smallest absolute Gasteiger partial charge is 0.463 e. The highest BCUT2D eigenvalue weighted by atomic mass is 31.2. The van der Waals surface area contributed by atoms with Crippen molar-refractivity contribution in [2.45, 2.75) is 238 Å². The van der Waals surface area contributed by atoms with Gasteiger partial charge in [-0.25, -0.2) is 4.57 Å². The van der Waals surface area contributed by atoms with Gasteiger partial charge in [-0.1, -0.05) is 206 Å². The Balaban J connectivity index is 3.54. The number of esters is 1. The number of nitrogens with one attached hydrogen (secondary N) is 1. The molecule has 0 aliphatic carbocycles. The largest absolute Gasteiger partial charge is 0.472 e. The molecule has 0 aromatic heterocycles. The van der Waals surface area contributed by atoms with Crippen LogP contribution < -0.4 is 5.32 Å². The lowest BCUT2D eigenvalue weighted by Gasteiger charge is -2.15. The van der Waals surface area contributed by atoms with E-state index in [0.717, 1.165) is 38.5 Å². The van der Waals surface area contributed by atoms with E-state index < -0.39 is 26.5 Å². The second kappa shape index (κ2) is 40.7. The Morgan fingerprint density at radius 1 is 0.509 bits per heavy atom. The molecule has 0 aromatic rings. The van der Waals surface area contributed by atoms with Gasteiger partial charge >= 0.3 is 13.8 Å². The summed E-state index contributed by atoms with van der Waals surface area (Å²) in [5.74, 6) is -0.502. The molecule has 10 heteroatoms. The molecule has 3 N–H and O–H groups in total. The number of carbonyl (C=O) groups is 2. The maximum atomic E-state index is 12.1. The number of phosphoric acid groups is 1. The van der Waals surface area contributed by atoms with Gasteiger partial charge in [-0.15, -0.1) is 0 Å². The Labute approximate surface area is 326 Å². The predicted molar refractivity (Wildman–Crippen MR) is 220 cm³/mol. The average Bonchev–Trinajstić information content (AvgIpc) is 3.14. The molecule has 2 unspecified atom stereocenters. The first-order valence-electron chi connectivity index (χ1n) is 22.5. The highest BCUT2D eigenvalue weighted by Crippen LogP contribution is 2.42. The van der Waals surface area contributed by atoms with Crippen molar-refractivity contribution in [2.75, 3.05) is 26.4 Å². The second-order valence-electron chi connectivity index (χ2n) is 15.4. The second-order valence-corrected chi connectivity index (χ2v) is 16.8. The molecule has 0 fully saturated rings. The molecule has 0 heterocycles. The quantitative estimate of drug-likeness (QED) is 0.0317. The van der Waals surface area contributed by atoms with E-state index in [9.17, 15) is 24.2 Å². The van der Waals surface area contributed by atoms with Crippen molar-refractivity contribution in [3.63, 3.8) is 0 Å². The topological polar surface area (TPSA) is 131 Å². The van der Waals surface area contributed by atoms with Crippen LogP contribution in [0.3, 0.4) is 0 Å². The van der Waals surface area contributed by atoms with Gasteiger partial charge in [0.15, 0.2) is 0 Å². The van der Waals surface area contributed by atoms with Crippen LogP contribution in [-0.2, 0) is 27.9 Å². The molecule has 9 nitrogen and oxygen atoms in total. The fourth-order valence-corrected chi connectivity index (χ4v) is 7.37. The number of phosphoric ester groups is 1. The number of hydrogen-bond acceptors (Lipinski definition) is 7. The van der Waals surface area contributed by atoms with Crippen LogP contribution in [0.2, 0.25) is 0 Å². The molecule has 0 rings (SSSR count). The minimum absolute atomic E-state index is 0.0884. The maximum Gasteiger partial charge on any atom is 0.472 e. The Morgan fingerprint density at radius 2 is 0.849 bits per heavy atom. The van der Waals surface area contributed by atoms with Crippen molar-refractivity contribution in [1.29, 1.82) is 0 Å². The number of hydrogen-bond donors (Lipinski definition) is 3. The monoisotopic (exact) mass is 776 g/mol. The Hall–Kier alpha value is -0.990. The molecule has 53 heavy (non-hydrogen) atoms. The van der Waals surface area contributed by atoms with Gasteiger partial charge in [0, 0.05) is 19.4 Å². The lowest BCUT2D eigenvalue weighted by atomic mass is 10.0. The van der Waals surface area contributed by atoms with Gasteiger partial charge in [0.05, 0.1) is 13.2 Å². The number of amides is 1. The van der Waals surface area contributed by atoms with E-state index >= 15 is 0 Å². The molecule has 0 spiro atoms. The lowest BCUT2D eigenvalue weighted by Crippen LogP contribution is -2.27. The van der Waals surface area contributed by atoms with E-state index in [2.05, 4.69) is 19.2 Å². The summed E-state index contributed by atoms with van der Waals surface area (Å²) in [4.78, 5) is 33.9. The van der Waals surface area contributed by atoms with Gasteiger partial charge < -0.3 is 20.1 Å². The minimum atomic E-state index is -4.41. The highest BCUT2D eigenvalue weighted by molar-refractivity contribution is 7.47. The fraction of sp³-hybridized carbons (Fsp3) is 0.953. The summed E-state index contributed by atoms with van der Waals surface area (Å²) in [6.45, 7) is 3.60. The summed E-state index contributed by atoms with van der Waals surface area (Å²) < 4.78 is 26.9. The zero-order valence-corrected chi connectivity index (χ0v) is 35.6. The van der Waals surface area contributed by atoms with Crippen LogP contribution in [-0.4, -0.2) is 54.3 Å². The number of aliphatic hydroxyl groups is 1. The van der Waals surface area contributed by atoms with Crippen molar-refractivity contribution in [3.05, 3.63) is 0 Å². The predicted octanol–water partition coefficient (Wildman–Crippen LogP) is 12.4. The molecular weight excluding hydrogens is 689 g/mol. The molecule has 316 valence electrons. The van der Waals surface area contributed by atoms with E-state index in [1.807, 2.05) is 0 Å². The zero-order valence-electron chi connectivity index (χ0n) is 34.7. The average molecular weight is 776 g/mol. The van der Waals surface area contributed by atoms with Crippen molar-refractivity contribution >= 4 is 19.7 Å². The van der Waals surface area contributed by atoms with Crippen LogP contribution in [0, 0.1) is 0 Å². The molecule has 0 aromatic carbocycles.